The first-order valence-corrected chi connectivity index (χ1v) is 12.3. The lowest BCUT2D eigenvalue weighted by Gasteiger charge is -2.19. The Balaban J connectivity index is 1.43. The van der Waals surface area contributed by atoms with Crippen LogP contribution in [0, 0.1) is 0 Å². The minimum Gasteiger partial charge on any atom is -0.486 e. The molecule has 0 saturated carbocycles. The summed E-state index contributed by atoms with van der Waals surface area (Å²) in [5.41, 5.74) is 1.91. The summed E-state index contributed by atoms with van der Waals surface area (Å²) in [5.74, 6) is 1.64. The number of nitrogens with one attached hydrogen (secondary N) is 1. The van der Waals surface area contributed by atoms with Gasteiger partial charge < -0.3 is 19.4 Å². The molecular formula is C19H23N3O5S2. The molecule has 4 rings (SSSR count). The van der Waals surface area contributed by atoms with E-state index in [0.717, 1.165) is 27.9 Å². The molecule has 1 amide bonds. The molecule has 10 heteroatoms. The monoisotopic (exact) mass is 437 g/mol. The van der Waals surface area contributed by atoms with Crippen molar-refractivity contribution >= 4 is 27.5 Å². The SMILES string of the molecule is CCn1c(-c2ccc3c(c2)OCCO3)cnc1SCC(=O)N[C@@H]1CCS(=O)(=O)C1. The summed E-state index contributed by atoms with van der Waals surface area (Å²) < 4.78 is 36.3. The number of sulfone groups is 1. The molecule has 1 N–H and O–H groups in total. The molecule has 8 nitrogen and oxygen atoms in total. The van der Waals surface area contributed by atoms with Crippen LogP contribution in [0.2, 0.25) is 0 Å². The molecule has 1 aromatic heterocycles. The first-order chi connectivity index (χ1) is 13.9. The van der Waals surface area contributed by atoms with Crippen molar-refractivity contribution in [3.63, 3.8) is 0 Å². The second-order valence-electron chi connectivity index (χ2n) is 6.98. The standard InChI is InChI=1S/C19H23N3O5S2/c1-2-22-15(13-3-4-16-17(9-13)27-7-6-26-16)10-20-19(22)28-11-18(23)21-14-5-8-29(24,25)12-14/h3-4,9-10,14H,2,5-8,11-12H2,1H3,(H,21,23)/t14-/m1/s1. The zero-order valence-electron chi connectivity index (χ0n) is 16.1. The summed E-state index contributed by atoms with van der Waals surface area (Å²) in [5, 5.41) is 3.55. The lowest BCUT2D eigenvalue weighted by atomic mass is 10.1. The van der Waals surface area contributed by atoms with E-state index in [-0.39, 0.29) is 29.2 Å². The van der Waals surface area contributed by atoms with Gasteiger partial charge in [-0.05, 0) is 31.5 Å². The summed E-state index contributed by atoms with van der Waals surface area (Å²) in [4.78, 5) is 16.7. The molecule has 2 aliphatic heterocycles. The summed E-state index contributed by atoms with van der Waals surface area (Å²) in [6.45, 7) is 3.81. The normalized spacial score (nSPS) is 19.8. The van der Waals surface area contributed by atoms with Crippen molar-refractivity contribution in [3.05, 3.63) is 24.4 Å². The van der Waals surface area contributed by atoms with Crippen molar-refractivity contribution in [2.45, 2.75) is 31.1 Å². The lowest BCUT2D eigenvalue weighted by Crippen LogP contribution is -2.36. The van der Waals surface area contributed by atoms with Gasteiger partial charge in [0.2, 0.25) is 5.91 Å². The van der Waals surface area contributed by atoms with Gasteiger partial charge in [-0.3, -0.25) is 4.79 Å². The first kappa shape index (κ1) is 20.1. The topological polar surface area (TPSA) is 99.5 Å². The van der Waals surface area contributed by atoms with Gasteiger partial charge in [0.15, 0.2) is 26.5 Å². The van der Waals surface area contributed by atoms with E-state index in [0.29, 0.717) is 26.2 Å². The maximum atomic E-state index is 12.2. The number of hydrogen-bond acceptors (Lipinski definition) is 7. The van der Waals surface area contributed by atoms with Crippen molar-refractivity contribution in [2.75, 3.05) is 30.5 Å². The molecule has 1 atom stereocenters. The Morgan fingerprint density at radius 3 is 2.83 bits per heavy atom. The summed E-state index contributed by atoms with van der Waals surface area (Å²) in [6, 6.07) is 5.53. The highest BCUT2D eigenvalue weighted by Gasteiger charge is 2.29. The number of imidazole rings is 1. The molecule has 1 fully saturated rings. The van der Waals surface area contributed by atoms with E-state index in [2.05, 4.69) is 10.3 Å². The Kier molecular flexibility index (Phi) is 5.73. The number of aromatic nitrogens is 2. The average Bonchev–Trinajstić information content (AvgIpc) is 3.28. The van der Waals surface area contributed by atoms with Gasteiger partial charge in [-0.15, -0.1) is 0 Å². The third kappa shape index (κ3) is 4.53. The number of ether oxygens (including phenoxy) is 2. The fourth-order valence-electron chi connectivity index (χ4n) is 3.52. The molecule has 0 bridgehead atoms. The highest BCUT2D eigenvalue weighted by molar-refractivity contribution is 7.99. The maximum Gasteiger partial charge on any atom is 0.230 e. The van der Waals surface area contributed by atoms with E-state index in [1.165, 1.54) is 11.8 Å². The lowest BCUT2D eigenvalue weighted by molar-refractivity contribution is -0.119. The Hall–Kier alpha value is -2.20. The second-order valence-corrected chi connectivity index (χ2v) is 10.2. The summed E-state index contributed by atoms with van der Waals surface area (Å²) >= 11 is 1.34. The minimum absolute atomic E-state index is 0.0290. The Morgan fingerprint density at radius 1 is 1.31 bits per heavy atom. The molecule has 0 unspecified atom stereocenters. The maximum absolute atomic E-state index is 12.2. The van der Waals surface area contributed by atoms with Crippen molar-refractivity contribution in [1.82, 2.24) is 14.9 Å². The fraction of sp³-hybridized carbons (Fsp3) is 0.474. The fourth-order valence-corrected chi connectivity index (χ4v) is 6.05. The predicted octanol–water partition coefficient (Wildman–Crippen LogP) is 1.74. The van der Waals surface area contributed by atoms with Crippen LogP contribution in [-0.2, 0) is 21.2 Å². The molecule has 0 radical (unpaired) electrons. The van der Waals surface area contributed by atoms with Crippen LogP contribution in [0.1, 0.15) is 13.3 Å². The smallest absolute Gasteiger partial charge is 0.230 e. The van der Waals surface area contributed by atoms with Gasteiger partial charge in [0.1, 0.15) is 13.2 Å². The van der Waals surface area contributed by atoms with Crippen LogP contribution in [0.3, 0.4) is 0 Å². The molecule has 0 aliphatic carbocycles. The quantitative estimate of drug-likeness (QED) is 0.687. The van der Waals surface area contributed by atoms with E-state index in [4.69, 9.17) is 9.47 Å². The van der Waals surface area contributed by atoms with Crippen molar-refractivity contribution in [1.29, 1.82) is 0 Å². The molecule has 2 aromatic rings. The van der Waals surface area contributed by atoms with Crippen LogP contribution in [0.5, 0.6) is 11.5 Å². The van der Waals surface area contributed by atoms with E-state index in [1.54, 1.807) is 6.20 Å². The predicted molar refractivity (Wildman–Crippen MR) is 110 cm³/mol. The molecule has 29 heavy (non-hydrogen) atoms. The Bertz CT molecular complexity index is 1020. The van der Waals surface area contributed by atoms with E-state index < -0.39 is 9.84 Å². The summed E-state index contributed by atoms with van der Waals surface area (Å²) in [7, 11) is -3.01. The number of thioether (sulfide) groups is 1. The number of benzene rings is 1. The molecule has 2 aliphatic rings. The molecule has 0 spiro atoms. The number of carbonyl (C=O) groups is 1. The number of carbonyl (C=O) groups excluding carboxylic acids is 1. The highest BCUT2D eigenvalue weighted by atomic mass is 32.2. The van der Waals surface area contributed by atoms with Crippen LogP contribution in [0.15, 0.2) is 29.6 Å². The number of rotatable bonds is 6. The van der Waals surface area contributed by atoms with Crippen molar-refractivity contribution < 1.29 is 22.7 Å². The van der Waals surface area contributed by atoms with Crippen molar-refractivity contribution in [3.8, 4) is 22.8 Å². The number of amides is 1. The molecule has 1 aromatic carbocycles. The third-order valence-corrected chi connectivity index (χ3v) is 7.66. The molecular weight excluding hydrogens is 414 g/mol. The number of fused-ring (bicyclic) bond motifs is 1. The Morgan fingerprint density at radius 2 is 2.10 bits per heavy atom. The van der Waals surface area contributed by atoms with Crippen LogP contribution >= 0.6 is 11.8 Å². The molecule has 156 valence electrons. The van der Waals surface area contributed by atoms with E-state index in [9.17, 15) is 13.2 Å². The summed E-state index contributed by atoms with van der Waals surface area (Å²) in [6.07, 6.45) is 2.27. The van der Waals surface area contributed by atoms with Crippen LogP contribution in [0.4, 0.5) is 0 Å². The van der Waals surface area contributed by atoms with E-state index in [1.807, 2.05) is 29.7 Å². The van der Waals surface area contributed by atoms with Gasteiger partial charge in [-0.1, -0.05) is 11.8 Å². The largest absolute Gasteiger partial charge is 0.486 e. The minimum atomic E-state index is -3.01. The van der Waals surface area contributed by atoms with Crippen LogP contribution < -0.4 is 14.8 Å². The van der Waals surface area contributed by atoms with Gasteiger partial charge in [-0.25, -0.2) is 13.4 Å². The molecule has 1 saturated heterocycles. The van der Waals surface area contributed by atoms with Gasteiger partial charge >= 0.3 is 0 Å². The third-order valence-electron chi connectivity index (χ3n) is 4.90. The molecule has 3 heterocycles. The van der Waals surface area contributed by atoms with Gasteiger partial charge in [0, 0.05) is 18.2 Å². The number of hydrogen-bond donors (Lipinski definition) is 1. The van der Waals surface area contributed by atoms with Gasteiger partial charge in [0.25, 0.3) is 0 Å². The van der Waals surface area contributed by atoms with Gasteiger partial charge in [0.05, 0.1) is 29.1 Å². The van der Waals surface area contributed by atoms with Crippen molar-refractivity contribution in [2.24, 2.45) is 0 Å². The van der Waals surface area contributed by atoms with Crippen LogP contribution in [0.25, 0.3) is 11.3 Å². The van der Waals surface area contributed by atoms with E-state index >= 15 is 0 Å². The van der Waals surface area contributed by atoms with Crippen LogP contribution in [-0.4, -0.2) is 60.4 Å². The average molecular weight is 438 g/mol. The zero-order chi connectivity index (χ0) is 20.4. The zero-order valence-corrected chi connectivity index (χ0v) is 17.7. The highest BCUT2D eigenvalue weighted by Crippen LogP contribution is 2.35. The van der Waals surface area contributed by atoms with Gasteiger partial charge in [-0.2, -0.15) is 0 Å². The Labute approximate surface area is 173 Å². The number of nitrogens with zero attached hydrogens (tertiary/aromatic N) is 2. The second kappa shape index (κ2) is 8.27. The first-order valence-electron chi connectivity index (χ1n) is 9.53.